The van der Waals surface area contributed by atoms with Gasteiger partial charge in [0.15, 0.2) is 0 Å². The molecule has 11 heteroatoms. The summed E-state index contributed by atoms with van der Waals surface area (Å²) < 4.78 is 45.2. The third-order valence-corrected chi connectivity index (χ3v) is 6.50. The lowest BCUT2D eigenvalue weighted by Crippen LogP contribution is -2.49. The van der Waals surface area contributed by atoms with Gasteiger partial charge in [0.1, 0.15) is 23.9 Å². The van der Waals surface area contributed by atoms with E-state index in [9.17, 15) is 18.0 Å². The summed E-state index contributed by atoms with van der Waals surface area (Å²) >= 11 is 0. The first-order chi connectivity index (χ1) is 19.1. The smallest absolute Gasteiger partial charge is 0.432 e. The number of hydrogen-bond acceptors (Lipinski definition) is 6. The molecule has 2 N–H and O–H groups in total. The zero-order valence-electron chi connectivity index (χ0n) is 22.2. The van der Waals surface area contributed by atoms with Crippen LogP contribution in [-0.4, -0.2) is 71.0 Å². The summed E-state index contributed by atoms with van der Waals surface area (Å²) in [5, 5.41) is 11.7. The van der Waals surface area contributed by atoms with E-state index in [0.717, 1.165) is 32.4 Å². The van der Waals surface area contributed by atoms with Crippen LogP contribution in [0.2, 0.25) is 0 Å². The maximum Gasteiger partial charge on any atom is 0.432 e. The zero-order chi connectivity index (χ0) is 28.7. The normalized spacial score (nSPS) is 14.3. The number of alkyl halides is 3. The molecule has 40 heavy (non-hydrogen) atoms. The number of nitrogens with one attached hydrogen (secondary N) is 2. The van der Waals surface area contributed by atoms with E-state index in [0.29, 0.717) is 41.6 Å². The monoisotopic (exact) mass is 550 g/mol. The number of aromatic amines is 1. The fourth-order valence-electron chi connectivity index (χ4n) is 4.25. The molecule has 0 saturated carbocycles. The van der Waals surface area contributed by atoms with E-state index in [1.807, 2.05) is 6.07 Å². The van der Waals surface area contributed by atoms with E-state index in [-0.39, 0.29) is 11.5 Å². The highest BCUT2D eigenvalue weighted by molar-refractivity contribution is 6.05. The van der Waals surface area contributed by atoms with Crippen molar-refractivity contribution in [3.63, 3.8) is 0 Å². The molecular formula is C29H29F3N6O2. The van der Waals surface area contributed by atoms with Gasteiger partial charge in [-0.15, -0.1) is 0 Å². The largest absolute Gasteiger partial charge is 0.490 e. The number of halogens is 3. The van der Waals surface area contributed by atoms with Crippen molar-refractivity contribution in [2.75, 3.05) is 44.6 Å². The van der Waals surface area contributed by atoms with Crippen molar-refractivity contribution >= 4 is 11.6 Å². The lowest BCUT2D eigenvalue weighted by atomic mass is 10.1. The van der Waals surface area contributed by atoms with E-state index < -0.39 is 17.8 Å². The van der Waals surface area contributed by atoms with Gasteiger partial charge >= 0.3 is 12.1 Å². The van der Waals surface area contributed by atoms with Gasteiger partial charge in [0, 0.05) is 55.8 Å². The summed E-state index contributed by atoms with van der Waals surface area (Å²) in [7, 11) is 0. The average molecular weight is 551 g/mol. The summed E-state index contributed by atoms with van der Waals surface area (Å²) in [6.45, 7) is 9.20. The van der Waals surface area contributed by atoms with Crippen LogP contribution in [-0.2, 0) is 11.0 Å². The van der Waals surface area contributed by atoms with Crippen molar-refractivity contribution in [1.29, 1.82) is 5.26 Å². The highest BCUT2D eigenvalue weighted by Crippen LogP contribution is 2.33. The van der Waals surface area contributed by atoms with Gasteiger partial charge in [-0.05, 0) is 50.2 Å². The van der Waals surface area contributed by atoms with Gasteiger partial charge in [0.2, 0.25) is 0 Å². The lowest BCUT2D eigenvalue weighted by Gasteiger charge is -2.36. The van der Waals surface area contributed by atoms with Gasteiger partial charge in [-0.3, -0.25) is 14.6 Å². The first-order valence-corrected chi connectivity index (χ1v) is 12.8. The molecule has 1 aliphatic heterocycles. The lowest BCUT2D eigenvalue weighted by molar-refractivity contribution is -0.140. The maximum atomic E-state index is 13.1. The molecule has 0 radical (unpaired) electrons. The van der Waals surface area contributed by atoms with E-state index >= 15 is 0 Å². The predicted molar refractivity (Wildman–Crippen MR) is 144 cm³/mol. The van der Waals surface area contributed by atoms with Crippen LogP contribution in [0.1, 0.15) is 30.7 Å². The molecule has 2 aromatic carbocycles. The minimum atomic E-state index is -4.57. The topological polar surface area (TPSA) is 97.3 Å². The van der Waals surface area contributed by atoms with E-state index in [4.69, 9.17) is 10.00 Å². The van der Waals surface area contributed by atoms with Crippen molar-refractivity contribution in [2.24, 2.45) is 0 Å². The number of ether oxygens (including phenoxy) is 1. The molecule has 0 bridgehead atoms. The van der Waals surface area contributed by atoms with Crippen molar-refractivity contribution in [1.82, 2.24) is 19.8 Å². The average Bonchev–Trinajstić information content (AvgIpc) is 3.44. The maximum absolute atomic E-state index is 13.1. The summed E-state index contributed by atoms with van der Waals surface area (Å²) in [5.74, 6) is 4.90. The van der Waals surface area contributed by atoms with E-state index in [2.05, 4.69) is 50.8 Å². The molecule has 1 aromatic heterocycles. The molecule has 208 valence electrons. The number of rotatable bonds is 7. The molecule has 0 aliphatic carbocycles. The van der Waals surface area contributed by atoms with Crippen LogP contribution in [0.4, 0.5) is 18.9 Å². The number of amides is 1. The van der Waals surface area contributed by atoms with Crippen LogP contribution in [0, 0.1) is 23.2 Å². The predicted octanol–water partition coefficient (Wildman–Crippen LogP) is 4.36. The molecule has 1 aliphatic rings. The minimum absolute atomic E-state index is 0.00296. The molecular weight excluding hydrogens is 521 g/mol. The molecule has 4 rings (SSSR count). The number of carbonyl (C=O) groups excluding carboxylic acids is 1. The summed E-state index contributed by atoms with van der Waals surface area (Å²) in [6, 6.07) is 13.7. The number of piperazine rings is 1. The number of aromatic nitrogens is 2. The molecule has 1 saturated heterocycles. The summed E-state index contributed by atoms with van der Waals surface area (Å²) in [5.41, 5.74) is 0.511. The summed E-state index contributed by atoms with van der Waals surface area (Å²) in [4.78, 5) is 23.5. The Morgan fingerprint density at radius 1 is 1.15 bits per heavy atom. The third kappa shape index (κ3) is 7.63. The van der Waals surface area contributed by atoms with Gasteiger partial charge < -0.3 is 15.0 Å². The van der Waals surface area contributed by atoms with Crippen LogP contribution in [0.15, 0.2) is 48.7 Å². The molecule has 1 fully saturated rings. The molecule has 1 amide bonds. The number of carbonyl (C=O) groups is 1. The number of nitriles is 1. The van der Waals surface area contributed by atoms with E-state index in [1.165, 1.54) is 6.07 Å². The number of hydrogen-bond donors (Lipinski definition) is 2. The number of nitrogens with zero attached hydrogens (tertiary/aromatic N) is 4. The van der Waals surface area contributed by atoms with Gasteiger partial charge in [0.05, 0.1) is 23.5 Å². The molecule has 3 aromatic rings. The second-order valence-corrected chi connectivity index (χ2v) is 9.57. The van der Waals surface area contributed by atoms with Gasteiger partial charge in [-0.25, -0.2) is 4.98 Å². The molecule has 2 heterocycles. The number of benzene rings is 2. The van der Waals surface area contributed by atoms with Crippen molar-refractivity contribution in [2.45, 2.75) is 26.1 Å². The second kappa shape index (κ2) is 12.7. The Morgan fingerprint density at radius 2 is 1.90 bits per heavy atom. The Morgan fingerprint density at radius 3 is 2.58 bits per heavy atom. The van der Waals surface area contributed by atoms with Crippen LogP contribution in [0.3, 0.4) is 0 Å². The first kappa shape index (κ1) is 28.7. The molecule has 0 unspecified atom stereocenters. The number of H-pyrrole nitrogens is 1. The van der Waals surface area contributed by atoms with Crippen LogP contribution in [0.25, 0.3) is 11.4 Å². The summed E-state index contributed by atoms with van der Waals surface area (Å²) in [6.07, 6.45) is -3.84. The Labute approximate surface area is 230 Å². The minimum Gasteiger partial charge on any atom is -0.490 e. The number of anilines is 1. The molecule has 0 atom stereocenters. The Kier molecular flexibility index (Phi) is 9.10. The van der Waals surface area contributed by atoms with Crippen molar-refractivity contribution < 1.29 is 22.7 Å². The van der Waals surface area contributed by atoms with E-state index in [1.54, 1.807) is 36.4 Å². The van der Waals surface area contributed by atoms with Gasteiger partial charge in [-0.1, -0.05) is 12.0 Å². The highest BCUT2D eigenvalue weighted by Gasteiger charge is 2.33. The zero-order valence-corrected chi connectivity index (χ0v) is 22.2. The standard InChI is InChI=1S/C29H29F3N6O2/c1-20(2)38-12-10-37(11-13-38)14-15-40-25-8-7-23(28-34-19-26(36-28)29(30,31)32)17-24(25)35-27(39)9-6-21-4-3-5-22(16-21)18-33/h3-5,7-8,16-17,19-20H,10-15H2,1-2H3,(H,34,36)(H,35,39). The van der Waals surface area contributed by atoms with Gasteiger partial charge in [0.25, 0.3) is 0 Å². The first-order valence-electron chi connectivity index (χ1n) is 12.8. The Balaban J connectivity index is 1.50. The van der Waals surface area contributed by atoms with Gasteiger partial charge in [-0.2, -0.15) is 18.4 Å². The second-order valence-electron chi connectivity index (χ2n) is 9.57. The Bertz CT molecular complexity index is 1440. The van der Waals surface area contributed by atoms with Crippen molar-refractivity contribution in [3.8, 4) is 35.0 Å². The fraction of sp³-hybridized carbons (Fsp3) is 0.345. The Hall–Kier alpha value is -4.32. The molecule has 8 nitrogen and oxygen atoms in total. The SMILES string of the molecule is CC(C)N1CCN(CCOc2ccc(-c3ncc(C(F)(F)F)[nH]3)cc2NC(=O)C#Cc2cccc(C#N)c2)CC1. The van der Waals surface area contributed by atoms with Crippen LogP contribution in [0.5, 0.6) is 5.75 Å². The van der Waals surface area contributed by atoms with Crippen LogP contribution >= 0.6 is 0 Å². The highest BCUT2D eigenvalue weighted by atomic mass is 19.4. The third-order valence-electron chi connectivity index (χ3n) is 6.50. The van der Waals surface area contributed by atoms with Crippen LogP contribution < -0.4 is 10.1 Å². The molecule has 0 spiro atoms. The quantitative estimate of drug-likeness (QED) is 0.425. The fourth-order valence-corrected chi connectivity index (χ4v) is 4.25. The van der Waals surface area contributed by atoms with Crippen molar-refractivity contribution in [3.05, 3.63) is 65.5 Å². The number of imidazole rings is 1.